The van der Waals surface area contributed by atoms with Crippen LogP contribution in [0.5, 0.6) is 0 Å². The van der Waals surface area contributed by atoms with Crippen molar-refractivity contribution in [3.8, 4) is 11.8 Å². The molecule has 4 nitrogen and oxygen atoms in total. The third kappa shape index (κ3) is 1.79. The number of nitrogens with zero attached hydrogens (tertiary/aromatic N) is 3. The van der Waals surface area contributed by atoms with E-state index in [0.717, 1.165) is 15.7 Å². The predicted molar refractivity (Wildman–Crippen MR) is 65.1 cm³/mol. The lowest BCUT2D eigenvalue weighted by molar-refractivity contribution is 0.877. The molecular weight excluding hydrogens is 268 g/mol. The molecule has 1 aromatic heterocycles. The van der Waals surface area contributed by atoms with Crippen molar-refractivity contribution in [2.75, 3.05) is 5.73 Å². The van der Waals surface area contributed by atoms with Crippen molar-refractivity contribution in [3.63, 3.8) is 0 Å². The second kappa shape index (κ2) is 3.99. The molecule has 0 aliphatic heterocycles. The smallest absolute Gasteiger partial charge is 0.163 e. The fourth-order valence-corrected chi connectivity index (χ4v) is 1.95. The minimum absolute atomic E-state index is 0.254. The van der Waals surface area contributed by atoms with Gasteiger partial charge in [-0.1, -0.05) is 15.9 Å². The number of halogens is 1. The molecule has 0 atom stereocenters. The van der Waals surface area contributed by atoms with Gasteiger partial charge in [-0.15, -0.1) is 5.10 Å². The van der Waals surface area contributed by atoms with Crippen LogP contribution in [0.3, 0.4) is 0 Å². The van der Waals surface area contributed by atoms with E-state index in [4.69, 9.17) is 11.0 Å². The Kier molecular flexibility index (Phi) is 2.67. The van der Waals surface area contributed by atoms with Gasteiger partial charge >= 0.3 is 0 Å². The zero-order chi connectivity index (χ0) is 11.7. The van der Waals surface area contributed by atoms with Crippen molar-refractivity contribution in [1.82, 2.24) is 9.78 Å². The molecule has 16 heavy (non-hydrogen) atoms. The Morgan fingerprint density at radius 3 is 2.81 bits per heavy atom. The molecule has 0 fully saturated rings. The Morgan fingerprint density at radius 1 is 1.50 bits per heavy atom. The summed E-state index contributed by atoms with van der Waals surface area (Å²) in [7, 11) is 0. The lowest BCUT2D eigenvalue weighted by Gasteiger charge is -2.05. The molecule has 5 heteroatoms. The summed E-state index contributed by atoms with van der Waals surface area (Å²) in [5.74, 6) is 0.254. The maximum absolute atomic E-state index is 8.80. The number of hydrogen-bond acceptors (Lipinski definition) is 3. The first-order valence-corrected chi connectivity index (χ1v) is 5.43. The number of nitriles is 1. The van der Waals surface area contributed by atoms with Gasteiger partial charge in [0.2, 0.25) is 0 Å². The van der Waals surface area contributed by atoms with Gasteiger partial charge in [-0.05, 0) is 30.7 Å². The summed E-state index contributed by atoms with van der Waals surface area (Å²) in [5, 5.41) is 12.9. The van der Waals surface area contributed by atoms with Gasteiger partial charge in [0.1, 0.15) is 11.6 Å². The second-order valence-electron chi connectivity index (χ2n) is 3.42. The lowest BCUT2D eigenvalue weighted by Crippen LogP contribution is -1.98. The monoisotopic (exact) mass is 276 g/mol. The fraction of sp³-hybridized carbons (Fsp3) is 0.0909. The summed E-state index contributed by atoms with van der Waals surface area (Å²) in [4.78, 5) is 0. The van der Waals surface area contributed by atoms with Gasteiger partial charge in [0.15, 0.2) is 5.82 Å². The minimum Gasteiger partial charge on any atom is -0.381 e. The minimum atomic E-state index is 0.254. The van der Waals surface area contributed by atoms with E-state index in [1.807, 2.05) is 31.2 Å². The average Bonchev–Trinajstić information content (AvgIpc) is 2.59. The number of benzene rings is 1. The summed E-state index contributed by atoms with van der Waals surface area (Å²) in [5.41, 5.74) is 7.97. The molecule has 0 amide bonds. The number of nitrogen functional groups attached to an aromatic ring is 1. The molecule has 80 valence electrons. The molecule has 0 radical (unpaired) electrons. The number of rotatable bonds is 1. The maximum Gasteiger partial charge on any atom is 0.163 e. The van der Waals surface area contributed by atoms with Crippen molar-refractivity contribution in [2.45, 2.75) is 6.92 Å². The SMILES string of the molecule is Cc1cc(Br)ccc1-n1cc(C#N)c(N)n1. The third-order valence-electron chi connectivity index (χ3n) is 2.27. The topological polar surface area (TPSA) is 67.6 Å². The Balaban J connectivity index is 2.55. The van der Waals surface area contributed by atoms with Crippen LogP contribution in [0.25, 0.3) is 5.69 Å². The van der Waals surface area contributed by atoms with E-state index in [-0.39, 0.29) is 5.82 Å². The van der Waals surface area contributed by atoms with Gasteiger partial charge < -0.3 is 5.73 Å². The van der Waals surface area contributed by atoms with Crippen LogP contribution < -0.4 is 5.73 Å². The first-order valence-electron chi connectivity index (χ1n) is 4.63. The van der Waals surface area contributed by atoms with Crippen LogP contribution in [0.15, 0.2) is 28.9 Å². The highest BCUT2D eigenvalue weighted by Crippen LogP contribution is 2.20. The molecule has 2 N–H and O–H groups in total. The molecule has 0 spiro atoms. The van der Waals surface area contributed by atoms with Crippen LogP contribution in [0.4, 0.5) is 5.82 Å². The van der Waals surface area contributed by atoms with Crippen LogP contribution in [-0.2, 0) is 0 Å². The standard InChI is InChI=1S/C11H9BrN4/c1-7-4-9(12)2-3-10(7)16-6-8(5-13)11(14)15-16/h2-4,6H,1H3,(H2,14,15). The lowest BCUT2D eigenvalue weighted by atomic mass is 10.2. The van der Waals surface area contributed by atoms with E-state index < -0.39 is 0 Å². The highest BCUT2D eigenvalue weighted by Gasteiger charge is 2.08. The zero-order valence-electron chi connectivity index (χ0n) is 8.61. The highest BCUT2D eigenvalue weighted by atomic mass is 79.9. The predicted octanol–water partition coefficient (Wildman–Crippen LogP) is 2.40. The fourth-order valence-electron chi connectivity index (χ4n) is 1.47. The Hall–Kier alpha value is -1.80. The van der Waals surface area contributed by atoms with E-state index in [0.29, 0.717) is 5.56 Å². The van der Waals surface area contributed by atoms with Gasteiger partial charge in [-0.3, -0.25) is 0 Å². The number of nitrogens with two attached hydrogens (primary N) is 1. The van der Waals surface area contributed by atoms with Crippen molar-refractivity contribution in [3.05, 3.63) is 40.0 Å². The van der Waals surface area contributed by atoms with E-state index in [1.54, 1.807) is 10.9 Å². The average molecular weight is 277 g/mol. The first-order chi connectivity index (χ1) is 7.61. The largest absolute Gasteiger partial charge is 0.381 e. The van der Waals surface area contributed by atoms with E-state index in [2.05, 4.69) is 21.0 Å². The summed E-state index contributed by atoms with van der Waals surface area (Å²) < 4.78 is 2.63. The summed E-state index contributed by atoms with van der Waals surface area (Å²) in [6.45, 7) is 1.98. The van der Waals surface area contributed by atoms with Gasteiger partial charge in [-0.2, -0.15) is 5.26 Å². The number of aromatic nitrogens is 2. The molecule has 0 saturated carbocycles. The van der Waals surface area contributed by atoms with Crippen molar-refractivity contribution < 1.29 is 0 Å². The van der Waals surface area contributed by atoms with E-state index in [1.165, 1.54) is 0 Å². The Labute approximate surface area is 101 Å². The van der Waals surface area contributed by atoms with E-state index in [9.17, 15) is 0 Å². The van der Waals surface area contributed by atoms with Crippen LogP contribution in [-0.4, -0.2) is 9.78 Å². The van der Waals surface area contributed by atoms with Crippen LogP contribution in [0.2, 0.25) is 0 Å². The van der Waals surface area contributed by atoms with Crippen LogP contribution in [0.1, 0.15) is 11.1 Å². The molecule has 0 aliphatic carbocycles. The van der Waals surface area contributed by atoms with Crippen molar-refractivity contribution >= 4 is 21.7 Å². The molecule has 0 aliphatic rings. The Morgan fingerprint density at radius 2 is 2.25 bits per heavy atom. The maximum atomic E-state index is 8.80. The molecular formula is C11H9BrN4. The van der Waals surface area contributed by atoms with Crippen LogP contribution in [0, 0.1) is 18.3 Å². The normalized spacial score (nSPS) is 10.1. The number of anilines is 1. The summed E-state index contributed by atoms with van der Waals surface area (Å²) in [6.07, 6.45) is 1.63. The molecule has 0 unspecified atom stereocenters. The van der Waals surface area contributed by atoms with E-state index >= 15 is 0 Å². The quantitative estimate of drug-likeness (QED) is 0.870. The highest BCUT2D eigenvalue weighted by molar-refractivity contribution is 9.10. The molecule has 2 rings (SSSR count). The summed E-state index contributed by atoms with van der Waals surface area (Å²) in [6, 6.07) is 7.83. The first kappa shape index (κ1) is 10.7. The molecule has 0 bridgehead atoms. The molecule has 2 aromatic rings. The van der Waals surface area contributed by atoms with Gasteiger partial charge in [-0.25, -0.2) is 4.68 Å². The molecule has 1 aromatic carbocycles. The van der Waals surface area contributed by atoms with Crippen molar-refractivity contribution in [2.24, 2.45) is 0 Å². The van der Waals surface area contributed by atoms with Gasteiger partial charge in [0, 0.05) is 4.47 Å². The van der Waals surface area contributed by atoms with Crippen molar-refractivity contribution in [1.29, 1.82) is 5.26 Å². The third-order valence-corrected chi connectivity index (χ3v) is 2.76. The second-order valence-corrected chi connectivity index (χ2v) is 4.33. The number of hydrogen-bond donors (Lipinski definition) is 1. The molecule has 1 heterocycles. The van der Waals surface area contributed by atoms with Gasteiger partial charge in [0.25, 0.3) is 0 Å². The van der Waals surface area contributed by atoms with Crippen LogP contribution >= 0.6 is 15.9 Å². The molecule has 0 saturated heterocycles. The zero-order valence-corrected chi connectivity index (χ0v) is 10.2. The van der Waals surface area contributed by atoms with Gasteiger partial charge in [0.05, 0.1) is 11.9 Å². The number of aryl methyl sites for hydroxylation is 1. The Bertz CT molecular complexity index is 580. The summed E-state index contributed by atoms with van der Waals surface area (Å²) >= 11 is 3.40.